The van der Waals surface area contributed by atoms with Gasteiger partial charge in [0.1, 0.15) is 0 Å². The minimum atomic E-state index is 0. The molecule has 106 valence electrons. The summed E-state index contributed by atoms with van der Waals surface area (Å²) in [5, 5.41) is 3.36. The van der Waals surface area contributed by atoms with Gasteiger partial charge in [-0.05, 0) is 50.1 Å². The van der Waals surface area contributed by atoms with Gasteiger partial charge in [0.2, 0.25) is 5.91 Å². The molecule has 2 fully saturated rings. The van der Waals surface area contributed by atoms with E-state index in [1.54, 1.807) is 0 Å². The van der Waals surface area contributed by atoms with E-state index >= 15 is 0 Å². The molecule has 0 radical (unpaired) electrons. The van der Waals surface area contributed by atoms with E-state index in [-0.39, 0.29) is 12.4 Å². The first-order valence-corrected chi connectivity index (χ1v) is 7.13. The fourth-order valence-corrected chi connectivity index (χ4v) is 3.33. The number of nitrogens with one attached hydrogen (secondary N) is 1. The van der Waals surface area contributed by atoms with Crippen molar-refractivity contribution in [2.75, 3.05) is 26.2 Å². The first kappa shape index (κ1) is 15.8. The van der Waals surface area contributed by atoms with Crippen molar-refractivity contribution in [1.29, 1.82) is 0 Å². The van der Waals surface area contributed by atoms with Crippen LogP contribution in [-0.2, 0) is 4.79 Å². The molecular formula is C14H27ClN2O. The lowest BCUT2D eigenvalue weighted by Crippen LogP contribution is -2.43. The quantitative estimate of drug-likeness (QED) is 0.838. The molecule has 2 aliphatic rings. The van der Waals surface area contributed by atoms with Gasteiger partial charge in [-0.15, -0.1) is 12.4 Å². The number of halogens is 1. The zero-order chi connectivity index (χ0) is 12.3. The molecule has 2 atom stereocenters. The van der Waals surface area contributed by atoms with E-state index in [1.807, 2.05) is 0 Å². The second kappa shape index (κ2) is 7.34. The molecule has 0 aromatic heterocycles. The topological polar surface area (TPSA) is 32.3 Å². The van der Waals surface area contributed by atoms with Crippen molar-refractivity contribution in [2.45, 2.75) is 39.5 Å². The standard InChI is InChI=1S/C14H26N2O.ClH/c1-11-7-12(2)10-16(9-11)14(17)8-13-3-5-15-6-4-13;/h11-13,15H,3-10H2,1-2H3;1H. The number of nitrogens with zero attached hydrogens (tertiary/aromatic N) is 1. The number of hydrogen-bond donors (Lipinski definition) is 1. The Bertz CT molecular complexity index is 257. The molecule has 2 saturated heterocycles. The Labute approximate surface area is 117 Å². The van der Waals surface area contributed by atoms with E-state index in [9.17, 15) is 4.79 Å². The third kappa shape index (κ3) is 4.43. The monoisotopic (exact) mass is 274 g/mol. The van der Waals surface area contributed by atoms with Gasteiger partial charge in [0.25, 0.3) is 0 Å². The predicted molar refractivity (Wildman–Crippen MR) is 77.0 cm³/mol. The normalized spacial score (nSPS) is 29.8. The highest BCUT2D eigenvalue weighted by atomic mass is 35.5. The second-order valence-electron chi connectivity index (χ2n) is 6.14. The van der Waals surface area contributed by atoms with Crippen molar-refractivity contribution in [2.24, 2.45) is 17.8 Å². The van der Waals surface area contributed by atoms with E-state index in [1.165, 1.54) is 19.3 Å². The third-order valence-electron chi connectivity index (χ3n) is 4.14. The molecule has 0 spiro atoms. The van der Waals surface area contributed by atoms with E-state index < -0.39 is 0 Å². The van der Waals surface area contributed by atoms with Crippen molar-refractivity contribution in [3.05, 3.63) is 0 Å². The fourth-order valence-electron chi connectivity index (χ4n) is 3.33. The Balaban J connectivity index is 0.00000162. The van der Waals surface area contributed by atoms with Crippen LogP contribution in [0.4, 0.5) is 0 Å². The highest BCUT2D eigenvalue weighted by molar-refractivity contribution is 5.85. The molecule has 2 unspecified atom stereocenters. The van der Waals surface area contributed by atoms with Gasteiger partial charge in [-0.25, -0.2) is 0 Å². The summed E-state index contributed by atoms with van der Waals surface area (Å²) < 4.78 is 0. The van der Waals surface area contributed by atoms with Crippen molar-refractivity contribution in [3.63, 3.8) is 0 Å². The van der Waals surface area contributed by atoms with Crippen molar-refractivity contribution >= 4 is 18.3 Å². The lowest BCUT2D eigenvalue weighted by molar-refractivity contribution is -0.135. The fraction of sp³-hybridized carbons (Fsp3) is 0.929. The Morgan fingerprint density at radius 2 is 1.72 bits per heavy atom. The lowest BCUT2D eigenvalue weighted by Gasteiger charge is -2.36. The molecule has 0 aliphatic carbocycles. The van der Waals surface area contributed by atoms with E-state index in [2.05, 4.69) is 24.1 Å². The van der Waals surface area contributed by atoms with Gasteiger partial charge in [0.15, 0.2) is 0 Å². The Morgan fingerprint density at radius 3 is 2.28 bits per heavy atom. The van der Waals surface area contributed by atoms with Crippen LogP contribution in [-0.4, -0.2) is 37.0 Å². The summed E-state index contributed by atoms with van der Waals surface area (Å²) in [6.07, 6.45) is 4.40. The molecule has 1 amide bonds. The van der Waals surface area contributed by atoms with Crippen LogP contribution >= 0.6 is 12.4 Å². The van der Waals surface area contributed by atoms with Gasteiger partial charge in [0, 0.05) is 19.5 Å². The van der Waals surface area contributed by atoms with Crippen LogP contribution in [0, 0.1) is 17.8 Å². The first-order chi connectivity index (χ1) is 8.15. The number of piperidine rings is 2. The summed E-state index contributed by atoms with van der Waals surface area (Å²) in [6.45, 7) is 8.67. The van der Waals surface area contributed by atoms with Crippen LogP contribution in [0.25, 0.3) is 0 Å². The van der Waals surface area contributed by atoms with Crippen LogP contribution in [0.5, 0.6) is 0 Å². The molecule has 3 nitrogen and oxygen atoms in total. The van der Waals surface area contributed by atoms with Gasteiger partial charge in [0.05, 0.1) is 0 Å². The Morgan fingerprint density at radius 1 is 1.17 bits per heavy atom. The molecular weight excluding hydrogens is 248 g/mol. The van der Waals surface area contributed by atoms with Crippen LogP contribution in [0.1, 0.15) is 39.5 Å². The Hall–Kier alpha value is -0.280. The molecule has 0 aromatic carbocycles. The van der Waals surface area contributed by atoms with Gasteiger partial charge in [-0.3, -0.25) is 4.79 Å². The predicted octanol–water partition coefficient (Wildman–Crippen LogP) is 2.30. The number of carbonyl (C=O) groups is 1. The summed E-state index contributed by atoms with van der Waals surface area (Å²) in [5.41, 5.74) is 0. The van der Waals surface area contributed by atoms with Crippen LogP contribution in [0.15, 0.2) is 0 Å². The molecule has 0 saturated carbocycles. The maximum absolute atomic E-state index is 12.3. The number of carbonyl (C=O) groups excluding carboxylic acids is 1. The number of amides is 1. The van der Waals surface area contributed by atoms with Crippen molar-refractivity contribution in [1.82, 2.24) is 10.2 Å². The largest absolute Gasteiger partial charge is 0.342 e. The zero-order valence-corrected chi connectivity index (χ0v) is 12.5. The minimum Gasteiger partial charge on any atom is -0.342 e. The van der Waals surface area contributed by atoms with Crippen LogP contribution < -0.4 is 5.32 Å². The second-order valence-corrected chi connectivity index (χ2v) is 6.14. The van der Waals surface area contributed by atoms with Gasteiger partial charge in [-0.2, -0.15) is 0 Å². The number of rotatable bonds is 2. The minimum absolute atomic E-state index is 0. The molecule has 2 heterocycles. The smallest absolute Gasteiger partial charge is 0.222 e. The van der Waals surface area contributed by atoms with E-state index in [4.69, 9.17) is 0 Å². The average Bonchev–Trinajstić information content (AvgIpc) is 2.29. The van der Waals surface area contributed by atoms with E-state index in [0.717, 1.165) is 32.6 Å². The highest BCUT2D eigenvalue weighted by Crippen LogP contribution is 2.23. The first-order valence-electron chi connectivity index (χ1n) is 7.13. The van der Waals surface area contributed by atoms with E-state index in [0.29, 0.717) is 23.7 Å². The number of likely N-dealkylation sites (tertiary alicyclic amines) is 1. The van der Waals surface area contributed by atoms with Gasteiger partial charge >= 0.3 is 0 Å². The molecule has 0 bridgehead atoms. The van der Waals surface area contributed by atoms with Crippen molar-refractivity contribution < 1.29 is 4.79 Å². The average molecular weight is 275 g/mol. The third-order valence-corrected chi connectivity index (χ3v) is 4.14. The Kier molecular flexibility index (Phi) is 6.44. The van der Waals surface area contributed by atoms with Crippen LogP contribution in [0.3, 0.4) is 0 Å². The summed E-state index contributed by atoms with van der Waals surface area (Å²) in [4.78, 5) is 14.4. The van der Waals surface area contributed by atoms with Crippen LogP contribution in [0.2, 0.25) is 0 Å². The van der Waals surface area contributed by atoms with Gasteiger partial charge in [-0.1, -0.05) is 13.8 Å². The van der Waals surface area contributed by atoms with Gasteiger partial charge < -0.3 is 10.2 Å². The number of hydrogen-bond acceptors (Lipinski definition) is 2. The lowest BCUT2D eigenvalue weighted by atomic mass is 9.90. The molecule has 2 aliphatic heterocycles. The maximum atomic E-state index is 12.3. The van der Waals surface area contributed by atoms with Crippen molar-refractivity contribution in [3.8, 4) is 0 Å². The summed E-state index contributed by atoms with van der Waals surface area (Å²) in [5.74, 6) is 2.37. The molecule has 2 rings (SSSR count). The summed E-state index contributed by atoms with van der Waals surface area (Å²) in [6, 6.07) is 0. The molecule has 1 N–H and O–H groups in total. The SMILES string of the molecule is CC1CC(C)CN(C(=O)CC2CCNCC2)C1.Cl. The summed E-state index contributed by atoms with van der Waals surface area (Å²) in [7, 11) is 0. The summed E-state index contributed by atoms with van der Waals surface area (Å²) >= 11 is 0. The molecule has 0 aromatic rings. The molecule has 4 heteroatoms. The highest BCUT2D eigenvalue weighted by Gasteiger charge is 2.27. The maximum Gasteiger partial charge on any atom is 0.222 e. The zero-order valence-electron chi connectivity index (χ0n) is 11.7. The molecule has 18 heavy (non-hydrogen) atoms.